The molecular formula is C19H24N2O3. The predicted molar refractivity (Wildman–Crippen MR) is 96.9 cm³/mol. The van der Waals surface area contributed by atoms with Crippen molar-refractivity contribution in [3.8, 4) is 0 Å². The second-order valence-electron chi connectivity index (χ2n) is 5.52. The van der Waals surface area contributed by atoms with Gasteiger partial charge in [-0.2, -0.15) is 0 Å². The Hall–Kier alpha value is -2.40. The Morgan fingerprint density at radius 1 is 1.25 bits per heavy atom. The Labute approximate surface area is 142 Å². The first-order valence-corrected chi connectivity index (χ1v) is 8.34. The first-order valence-electron chi connectivity index (χ1n) is 8.34. The van der Waals surface area contributed by atoms with Crippen molar-refractivity contribution in [1.29, 1.82) is 0 Å². The van der Waals surface area contributed by atoms with Crippen molar-refractivity contribution in [2.75, 3.05) is 26.2 Å². The fourth-order valence-corrected chi connectivity index (χ4v) is 2.49. The van der Waals surface area contributed by atoms with Crippen molar-refractivity contribution in [1.82, 2.24) is 10.2 Å². The Balaban J connectivity index is 1.90. The minimum atomic E-state index is -0.206. The first kappa shape index (κ1) is 17.9. The molecule has 0 saturated carbocycles. The molecule has 0 radical (unpaired) electrons. The maximum atomic E-state index is 12.3. The standard InChI is InChI=1S/C19H24N2O3/c1-3-21(4-2)13-7-12-20-18(22)11-10-15-14-24-17-9-6-5-8-16(17)19(15)23/h5-6,8-11,14H,3-4,7,12-13H2,1-2H3,(H,20,22)/b11-10+. The average molecular weight is 328 g/mol. The van der Waals surface area contributed by atoms with Crippen LogP contribution in [0, 0.1) is 0 Å². The summed E-state index contributed by atoms with van der Waals surface area (Å²) in [4.78, 5) is 26.4. The van der Waals surface area contributed by atoms with E-state index in [1.54, 1.807) is 18.2 Å². The van der Waals surface area contributed by atoms with Crippen LogP contribution >= 0.6 is 0 Å². The molecule has 0 saturated heterocycles. The number of benzene rings is 1. The van der Waals surface area contributed by atoms with Crippen LogP contribution in [0.3, 0.4) is 0 Å². The van der Waals surface area contributed by atoms with Crippen LogP contribution in [0.4, 0.5) is 0 Å². The van der Waals surface area contributed by atoms with Crippen molar-refractivity contribution in [2.24, 2.45) is 0 Å². The van der Waals surface area contributed by atoms with Gasteiger partial charge in [0, 0.05) is 12.6 Å². The summed E-state index contributed by atoms with van der Waals surface area (Å²) in [5.74, 6) is -0.206. The van der Waals surface area contributed by atoms with Gasteiger partial charge in [-0.25, -0.2) is 0 Å². The monoisotopic (exact) mass is 328 g/mol. The largest absolute Gasteiger partial charge is 0.463 e. The number of rotatable bonds is 8. The molecule has 5 nitrogen and oxygen atoms in total. The van der Waals surface area contributed by atoms with Crippen LogP contribution in [-0.2, 0) is 4.79 Å². The van der Waals surface area contributed by atoms with Gasteiger partial charge in [-0.05, 0) is 44.3 Å². The van der Waals surface area contributed by atoms with E-state index in [0.717, 1.165) is 26.1 Å². The second-order valence-corrected chi connectivity index (χ2v) is 5.52. The smallest absolute Gasteiger partial charge is 0.244 e. The Kier molecular flexibility index (Phi) is 6.75. The fourth-order valence-electron chi connectivity index (χ4n) is 2.49. The van der Waals surface area contributed by atoms with E-state index >= 15 is 0 Å². The molecule has 2 aromatic rings. The lowest BCUT2D eigenvalue weighted by molar-refractivity contribution is -0.116. The van der Waals surface area contributed by atoms with Gasteiger partial charge in [0.2, 0.25) is 5.91 Å². The number of carbonyl (C=O) groups excluding carboxylic acids is 1. The Morgan fingerprint density at radius 3 is 2.75 bits per heavy atom. The molecule has 0 aliphatic carbocycles. The minimum Gasteiger partial charge on any atom is -0.463 e. The molecule has 1 N–H and O–H groups in total. The van der Waals surface area contributed by atoms with E-state index < -0.39 is 0 Å². The topological polar surface area (TPSA) is 62.6 Å². The highest BCUT2D eigenvalue weighted by atomic mass is 16.3. The van der Waals surface area contributed by atoms with Gasteiger partial charge >= 0.3 is 0 Å². The van der Waals surface area contributed by atoms with E-state index in [9.17, 15) is 9.59 Å². The van der Waals surface area contributed by atoms with Crippen molar-refractivity contribution in [2.45, 2.75) is 20.3 Å². The molecule has 1 heterocycles. The third-order valence-electron chi connectivity index (χ3n) is 3.97. The van der Waals surface area contributed by atoms with E-state index in [2.05, 4.69) is 24.1 Å². The quantitative estimate of drug-likeness (QED) is 0.598. The normalized spacial score (nSPS) is 11.5. The van der Waals surface area contributed by atoms with Crippen LogP contribution in [-0.4, -0.2) is 37.0 Å². The molecule has 0 bridgehead atoms. The molecule has 0 unspecified atom stereocenters. The van der Waals surface area contributed by atoms with Gasteiger partial charge in [-0.1, -0.05) is 26.0 Å². The molecule has 0 aliphatic heterocycles. The number of nitrogens with zero attached hydrogens (tertiary/aromatic N) is 1. The Bertz CT molecular complexity index is 761. The molecule has 0 fully saturated rings. The molecule has 1 aromatic heterocycles. The van der Waals surface area contributed by atoms with E-state index in [-0.39, 0.29) is 11.3 Å². The van der Waals surface area contributed by atoms with Crippen LogP contribution in [0.25, 0.3) is 17.0 Å². The van der Waals surface area contributed by atoms with Crippen LogP contribution in [0.5, 0.6) is 0 Å². The summed E-state index contributed by atoms with van der Waals surface area (Å²) >= 11 is 0. The molecule has 0 aliphatic rings. The predicted octanol–water partition coefficient (Wildman–Crippen LogP) is 2.65. The first-order chi connectivity index (χ1) is 11.7. The summed E-state index contributed by atoms with van der Waals surface area (Å²) in [7, 11) is 0. The molecule has 24 heavy (non-hydrogen) atoms. The van der Waals surface area contributed by atoms with E-state index in [0.29, 0.717) is 23.1 Å². The summed E-state index contributed by atoms with van der Waals surface area (Å²) in [5, 5.41) is 3.34. The maximum absolute atomic E-state index is 12.3. The number of para-hydroxylation sites is 1. The van der Waals surface area contributed by atoms with Crippen LogP contribution in [0.1, 0.15) is 25.8 Å². The molecule has 0 atom stereocenters. The zero-order chi connectivity index (χ0) is 17.4. The number of nitrogens with one attached hydrogen (secondary N) is 1. The van der Waals surface area contributed by atoms with Gasteiger partial charge in [-0.15, -0.1) is 0 Å². The zero-order valence-electron chi connectivity index (χ0n) is 14.2. The summed E-state index contributed by atoms with van der Waals surface area (Å²) in [6.45, 7) is 7.86. The van der Waals surface area contributed by atoms with Gasteiger partial charge in [0.25, 0.3) is 0 Å². The fraction of sp³-hybridized carbons (Fsp3) is 0.368. The Morgan fingerprint density at radius 2 is 2.00 bits per heavy atom. The molecule has 0 spiro atoms. The average Bonchev–Trinajstić information content (AvgIpc) is 2.61. The lowest BCUT2D eigenvalue weighted by Crippen LogP contribution is -2.29. The van der Waals surface area contributed by atoms with Crippen LogP contribution in [0.2, 0.25) is 0 Å². The summed E-state index contributed by atoms with van der Waals surface area (Å²) < 4.78 is 5.42. The highest BCUT2D eigenvalue weighted by Crippen LogP contribution is 2.11. The zero-order valence-corrected chi connectivity index (χ0v) is 14.2. The van der Waals surface area contributed by atoms with E-state index in [1.807, 2.05) is 6.07 Å². The maximum Gasteiger partial charge on any atom is 0.244 e. The second kappa shape index (κ2) is 9.03. The lowest BCUT2D eigenvalue weighted by Gasteiger charge is -2.17. The minimum absolute atomic E-state index is 0.137. The summed E-state index contributed by atoms with van der Waals surface area (Å²) in [6, 6.07) is 7.06. The summed E-state index contributed by atoms with van der Waals surface area (Å²) in [5.41, 5.74) is 0.773. The van der Waals surface area contributed by atoms with Gasteiger partial charge in [-0.3, -0.25) is 9.59 Å². The highest BCUT2D eigenvalue weighted by molar-refractivity contribution is 5.92. The van der Waals surface area contributed by atoms with Crippen molar-refractivity contribution in [3.05, 3.63) is 52.4 Å². The molecule has 5 heteroatoms. The van der Waals surface area contributed by atoms with Crippen molar-refractivity contribution >= 4 is 23.0 Å². The van der Waals surface area contributed by atoms with Gasteiger partial charge in [0.05, 0.1) is 10.9 Å². The van der Waals surface area contributed by atoms with Gasteiger partial charge < -0.3 is 14.6 Å². The molecule has 1 aromatic carbocycles. The van der Waals surface area contributed by atoms with Crippen LogP contribution < -0.4 is 10.7 Å². The third kappa shape index (κ3) is 4.80. The van der Waals surface area contributed by atoms with Crippen molar-refractivity contribution < 1.29 is 9.21 Å². The molecule has 1 amide bonds. The van der Waals surface area contributed by atoms with Gasteiger partial charge in [0.1, 0.15) is 11.8 Å². The SMILES string of the molecule is CCN(CC)CCCNC(=O)/C=C/c1coc2ccccc2c1=O. The highest BCUT2D eigenvalue weighted by Gasteiger charge is 2.04. The third-order valence-corrected chi connectivity index (χ3v) is 3.97. The van der Waals surface area contributed by atoms with Gasteiger partial charge in [0.15, 0.2) is 5.43 Å². The molecule has 128 valence electrons. The molecule has 2 rings (SSSR count). The van der Waals surface area contributed by atoms with E-state index in [1.165, 1.54) is 18.4 Å². The van der Waals surface area contributed by atoms with Crippen molar-refractivity contribution in [3.63, 3.8) is 0 Å². The summed E-state index contributed by atoms with van der Waals surface area (Å²) in [6.07, 6.45) is 5.16. The number of hydrogen-bond donors (Lipinski definition) is 1. The molecular weight excluding hydrogens is 304 g/mol. The lowest BCUT2D eigenvalue weighted by atomic mass is 10.1. The van der Waals surface area contributed by atoms with Crippen LogP contribution in [0.15, 0.2) is 45.8 Å². The number of amides is 1. The number of carbonyl (C=O) groups is 1. The number of fused-ring (bicyclic) bond motifs is 1. The van der Waals surface area contributed by atoms with E-state index in [4.69, 9.17) is 4.42 Å². The number of hydrogen-bond acceptors (Lipinski definition) is 4.